The van der Waals surface area contributed by atoms with Gasteiger partial charge in [-0.2, -0.15) is 0 Å². The van der Waals surface area contributed by atoms with Crippen LogP contribution < -0.4 is 5.32 Å². The number of carbonyl (C=O) groups excluding carboxylic acids is 1. The molecule has 0 aliphatic heterocycles. The number of carbonyl (C=O) groups is 1. The summed E-state index contributed by atoms with van der Waals surface area (Å²) in [4.78, 5) is 11.1. The fourth-order valence-corrected chi connectivity index (χ4v) is 3.27. The summed E-state index contributed by atoms with van der Waals surface area (Å²) in [7, 11) is 15.8. The van der Waals surface area contributed by atoms with Crippen LogP contribution in [0.25, 0.3) is 0 Å². The topological polar surface area (TPSA) is 31.8 Å². The molecule has 6 heteroatoms. The van der Waals surface area contributed by atoms with Gasteiger partial charge in [0.05, 0.1) is 0 Å². The van der Waals surface area contributed by atoms with Crippen LogP contribution in [0.3, 0.4) is 0 Å². The zero-order valence-electron chi connectivity index (χ0n) is 11.0. The number of nitrogens with one attached hydrogen (secondary N) is 1. The maximum absolute atomic E-state index is 11.1. The summed E-state index contributed by atoms with van der Waals surface area (Å²) in [5, 5.41) is 2.74. The van der Waals surface area contributed by atoms with E-state index >= 15 is 0 Å². The van der Waals surface area contributed by atoms with Gasteiger partial charge in [-0.1, -0.05) is 0 Å². The van der Waals surface area contributed by atoms with Gasteiger partial charge in [-0.3, -0.25) is 0 Å². The molecule has 1 aromatic carbocycles. The average Bonchev–Trinajstić information content (AvgIpc) is 2.26. The van der Waals surface area contributed by atoms with Gasteiger partial charge in [0.15, 0.2) is 0 Å². The normalized spacial score (nSPS) is 11.2. The van der Waals surface area contributed by atoms with Crippen LogP contribution in [0.2, 0.25) is 0 Å². The SMILES string of the molecule is [CH2-][O+](c1ccc(NC(C)=O)cc1[CH]=[Ru]([Cl])[Cl])C(C)C. The summed E-state index contributed by atoms with van der Waals surface area (Å²) >= 11 is -1.96. The summed E-state index contributed by atoms with van der Waals surface area (Å²) in [6, 6.07) is 5.54. The Balaban J connectivity index is 3.24. The molecular formula is C13H17Cl2NO2Ru. The van der Waals surface area contributed by atoms with Crippen LogP contribution >= 0.6 is 19.4 Å². The quantitative estimate of drug-likeness (QED) is 0.466. The molecule has 3 nitrogen and oxygen atoms in total. The van der Waals surface area contributed by atoms with Crippen LogP contribution in [0, 0.1) is 7.11 Å². The first-order chi connectivity index (χ1) is 8.81. The van der Waals surface area contributed by atoms with E-state index < -0.39 is 13.5 Å². The predicted octanol–water partition coefficient (Wildman–Crippen LogP) is 4.19. The molecule has 0 radical (unpaired) electrons. The third-order valence-electron chi connectivity index (χ3n) is 2.37. The molecule has 1 rings (SSSR count). The van der Waals surface area contributed by atoms with Gasteiger partial charge in [-0.05, 0) is 0 Å². The van der Waals surface area contributed by atoms with Gasteiger partial charge in [0.25, 0.3) is 0 Å². The van der Waals surface area contributed by atoms with Crippen LogP contribution in [0.4, 0.5) is 5.69 Å². The summed E-state index contributed by atoms with van der Waals surface area (Å²) in [5.41, 5.74) is 1.58. The van der Waals surface area contributed by atoms with Gasteiger partial charge in [0, 0.05) is 0 Å². The molecule has 0 spiro atoms. The fraction of sp³-hybridized carbons (Fsp3) is 0.308. The molecule has 0 bridgehead atoms. The zero-order chi connectivity index (χ0) is 14.6. The van der Waals surface area contributed by atoms with Crippen molar-refractivity contribution >= 4 is 35.6 Å². The van der Waals surface area contributed by atoms with E-state index in [9.17, 15) is 4.79 Å². The predicted molar refractivity (Wildman–Crippen MR) is 78.6 cm³/mol. The summed E-state index contributed by atoms with van der Waals surface area (Å²) in [6.07, 6.45) is 0.171. The van der Waals surface area contributed by atoms with Crippen molar-refractivity contribution in [2.75, 3.05) is 5.32 Å². The molecule has 1 amide bonds. The van der Waals surface area contributed by atoms with E-state index in [2.05, 4.69) is 16.8 Å². The number of hydrogen-bond acceptors (Lipinski definition) is 1. The maximum atomic E-state index is 11.1. The minimum atomic E-state index is -1.96. The van der Waals surface area contributed by atoms with Crippen LogP contribution in [0.1, 0.15) is 26.3 Å². The molecule has 19 heavy (non-hydrogen) atoms. The molecular weight excluding hydrogens is 374 g/mol. The van der Waals surface area contributed by atoms with Crippen molar-refractivity contribution in [1.82, 2.24) is 0 Å². The van der Waals surface area contributed by atoms with Crippen LogP contribution in [-0.2, 0) is 22.7 Å². The van der Waals surface area contributed by atoms with E-state index in [1.54, 1.807) is 0 Å². The third kappa shape index (κ3) is 5.21. The van der Waals surface area contributed by atoms with Gasteiger partial charge in [-0.15, -0.1) is 0 Å². The minimum absolute atomic E-state index is 0.118. The van der Waals surface area contributed by atoms with Crippen molar-refractivity contribution in [3.05, 3.63) is 30.9 Å². The van der Waals surface area contributed by atoms with Gasteiger partial charge >= 0.3 is 127 Å². The number of hydrogen-bond donors (Lipinski definition) is 1. The van der Waals surface area contributed by atoms with Crippen LogP contribution in [-0.4, -0.2) is 16.6 Å². The molecule has 0 fully saturated rings. The number of anilines is 1. The Morgan fingerprint density at radius 3 is 2.58 bits per heavy atom. The molecule has 0 saturated heterocycles. The fourth-order valence-electron chi connectivity index (χ4n) is 1.49. The zero-order valence-corrected chi connectivity index (χ0v) is 14.3. The van der Waals surface area contributed by atoms with E-state index in [-0.39, 0.29) is 12.0 Å². The van der Waals surface area contributed by atoms with Gasteiger partial charge in [0.2, 0.25) is 0 Å². The van der Waals surface area contributed by atoms with Crippen LogP contribution in [0.5, 0.6) is 5.75 Å². The van der Waals surface area contributed by atoms with E-state index in [4.69, 9.17) is 19.4 Å². The summed E-state index contributed by atoms with van der Waals surface area (Å²) in [5.74, 6) is 0.747. The van der Waals surface area contributed by atoms with E-state index in [1.165, 1.54) is 6.92 Å². The summed E-state index contributed by atoms with van der Waals surface area (Å²) < 4.78 is 4.60. The molecule has 0 unspecified atom stereocenters. The number of rotatable bonds is 4. The van der Waals surface area contributed by atoms with E-state index in [1.807, 2.05) is 36.7 Å². The molecule has 0 heterocycles. The van der Waals surface area contributed by atoms with Crippen molar-refractivity contribution in [2.24, 2.45) is 0 Å². The number of halogens is 2. The second kappa shape index (κ2) is 7.37. The first-order valence-electron chi connectivity index (χ1n) is 5.59. The Bertz CT molecular complexity index is 499. The van der Waals surface area contributed by atoms with Crippen molar-refractivity contribution in [3.8, 4) is 5.75 Å². The van der Waals surface area contributed by atoms with Gasteiger partial charge in [-0.25, -0.2) is 0 Å². The first kappa shape index (κ1) is 16.6. The van der Waals surface area contributed by atoms with E-state index in [0.29, 0.717) is 5.69 Å². The first-order valence-corrected chi connectivity index (χ1v) is 11.1. The van der Waals surface area contributed by atoms with Crippen molar-refractivity contribution < 1.29 is 22.7 Å². The molecule has 1 aromatic rings. The monoisotopic (exact) mass is 391 g/mol. The molecule has 108 valence electrons. The Morgan fingerprint density at radius 1 is 1.47 bits per heavy atom. The Morgan fingerprint density at radius 2 is 2.11 bits per heavy atom. The average molecular weight is 391 g/mol. The Labute approximate surface area is 127 Å². The molecule has 0 saturated carbocycles. The second-order valence-electron chi connectivity index (χ2n) is 4.22. The van der Waals surface area contributed by atoms with Gasteiger partial charge in [0.1, 0.15) is 0 Å². The number of amides is 1. The van der Waals surface area contributed by atoms with Crippen molar-refractivity contribution in [1.29, 1.82) is 0 Å². The van der Waals surface area contributed by atoms with Gasteiger partial charge < -0.3 is 0 Å². The molecule has 1 N–H and O–H groups in total. The second-order valence-corrected chi connectivity index (χ2v) is 9.94. The standard InChI is InChI=1S/C13H17NO2.2ClH.Ru/c1-9(2)16(5)13-7-6-12(8-10(13)3)14-11(4)15;;;/h3,6-9H,5H2,1-2,4H3,(H,14,15);2*1H;/q;;;+2/p-2. The number of benzene rings is 1. The van der Waals surface area contributed by atoms with Crippen molar-refractivity contribution in [2.45, 2.75) is 26.9 Å². The Kier molecular flexibility index (Phi) is 6.45. The molecule has 0 aliphatic carbocycles. The Hall–Kier alpha value is -0.437. The molecule has 0 aliphatic rings. The third-order valence-corrected chi connectivity index (χ3v) is 4.20. The van der Waals surface area contributed by atoms with E-state index in [0.717, 1.165) is 11.3 Å². The molecule has 0 atom stereocenters. The molecule has 0 aromatic heterocycles. The van der Waals surface area contributed by atoms with Crippen LogP contribution in [0.15, 0.2) is 18.2 Å². The van der Waals surface area contributed by atoms with Crippen molar-refractivity contribution in [3.63, 3.8) is 0 Å². The summed E-state index contributed by atoms with van der Waals surface area (Å²) in [6.45, 7) is 5.49.